The van der Waals surface area contributed by atoms with Crippen molar-refractivity contribution < 1.29 is 73.3 Å². The monoisotopic (exact) mass is 1100 g/mol. The first-order chi connectivity index (χ1) is 37.4. The number of amides is 7. The van der Waals surface area contributed by atoms with Gasteiger partial charge < -0.3 is 76.5 Å². The molecule has 1 aliphatic rings. The van der Waals surface area contributed by atoms with Crippen molar-refractivity contribution in [3.8, 4) is 0 Å². The van der Waals surface area contributed by atoms with E-state index in [1.165, 1.54) is 0 Å². The fourth-order valence-electron chi connectivity index (χ4n) is 8.45. The minimum absolute atomic E-state index is 0.00124. The Bertz CT molecular complexity index is 1520. The molecule has 0 spiro atoms. The van der Waals surface area contributed by atoms with Gasteiger partial charge in [-0.25, -0.2) is 0 Å². The lowest BCUT2D eigenvalue weighted by molar-refractivity contribution is -0.133. The highest BCUT2D eigenvalue weighted by Crippen LogP contribution is 2.19. The van der Waals surface area contributed by atoms with Crippen molar-refractivity contribution >= 4 is 41.4 Å². The van der Waals surface area contributed by atoms with Crippen LogP contribution in [0.4, 0.5) is 0 Å². The molecule has 0 saturated carbocycles. The topological polar surface area (TPSA) is 336 Å². The minimum Gasteiger partial charge on any atom is -0.396 e. The molecule has 77 heavy (non-hydrogen) atoms. The van der Waals surface area contributed by atoms with E-state index in [-0.39, 0.29) is 139 Å². The van der Waals surface area contributed by atoms with E-state index in [9.17, 15) is 43.8 Å². The van der Waals surface area contributed by atoms with Crippen LogP contribution in [0.2, 0.25) is 0 Å². The Labute approximate surface area is 458 Å². The molecule has 1 heterocycles. The van der Waals surface area contributed by atoms with E-state index >= 15 is 0 Å². The molecule has 7 amide bonds. The molecule has 1 aliphatic heterocycles. The van der Waals surface area contributed by atoms with E-state index in [1.807, 2.05) is 4.90 Å². The van der Waals surface area contributed by atoms with E-state index in [4.69, 9.17) is 29.5 Å². The van der Waals surface area contributed by atoms with Gasteiger partial charge in [-0.05, 0) is 90.0 Å². The van der Waals surface area contributed by atoms with Gasteiger partial charge in [-0.3, -0.25) is 38.9 Å². The molecule has 0 aromatic rings. The van der Waals surface area contributed by atoms with Gasteiger partial charge in [-0.1, -0.05) is 38.5 Å². The number of carbonyl (C=O) groups excluding carboxylic acids is 7. The summed E-state index contributed by atoms with van der Waals surface area (Å²) in [6.45, 7) is 2.96. The van der Waals surface area contributed by atoms with E-state index in [1.54, 1.807) is 0 Å². The van der Waals surface area contributed by atoms with Crippen LogP contribution in [0.5, 0.6) is 0 Å². The number of ether oxygens (including phenoxy) is 3. The van der Waals surface area contributed by atoms with Gasteiger partial charge in [0, 0.05) is 110 Å². The molecule has 0 radical (unpaired) electrons. The number of hydrogen-bond acceptors (Lipinski definition) is 16. The molecule has 1 rings (SSSR count). The Morgan fingerprint density at radius 2 is 0.831 bits per heavy atom. The second-order valence-electron chi connectivity index (χ2n) is 20.0. The third kappa shape index (κ3) is 40.7. The number of carbonyl (C=O) groups is 7. The third-order valence-corrected chi connectivity index (χ3v) is 13.0. The molecule has 1 saturated heterocycles. The van der Waals surface area contributed by atoms with Gasteiger partial charge in [-0.2, -0.15) is 0 Å². The Morgan fingerprint density at radius 1 is 0.455 bits per heavy atom. The van der Waals surface area contributed by atoms with Gasteiger partial charge >= 0.3 is 0 Å². The molecule has 1 fully saturated rings. The van der Waals surface area contributed by atoms with Crippen molar-refractivity contribution in [3.05, 3.63) is 0 Å². The first kappa shape index (κ1) is 70.9. The van der Waals surface area contributed by atoms with Crippen LogP contribution in [0.1, 0.15) is 173 Å². The first-order valence-corrected chi connectivity index (χ1v) is 28.9. The molecule has 12 N–H and O–H groups in total. The fraction of sp³-hybridized carbons (Fsp3) is 0.870. The summed E-state index contributed by atoms with van der Waals surface area (Å²) >= 11 is 0. The molecular weight excluding hydrogens is 1000 g/mol. The zero-order valence-electron chi connectivity index (χ0n) is 46.5. The quantitative estimate of drug-likeness (QED) is 0.0300. The number of aliphatic hydroxyl groups is 5. The molecule has 1 unspecified atom stereocenters. The molecular formula is C54H102N8O15. The number of likely N-dealkylation sites (tertiary alicyclic amines) is 1. The second-order valence-corrected chi connectivity index (χ2v) is 20.0. The van der Waals surface area contributed by atoms with Gasteiger partial charge in [0.2, 0.25) is 41.4 Å². The van der Waals surface area contributed by atoms with Gasteiger partial charge in [0.05, 0.1) is 52.3 Å². The van der Waals surface area contributed by atoms with E-state index < -0.39 is 11.8 Å². The maximum atomic E-state index is 13.7. The lowest BCUT2D eigenvalue weighted by Crippen LogP contribution is -2.58. The largest absolute Gasteiger partial charge is 0.396 e. The van der Waals surface area contributed by atoms with Gasteiger partial charge in [0.1, 0.15) is 11.8 Å². The molecule has 0 aliphatic carbocycles. The lowest BCUT2D eigenvalue weighted by Gasteiger charge is -2.34. The summed E-state index contributed by atoms with van der Waals surface area (Å²) in [6.07, 6.45) is 15.2. The smallest absolute Gasteiger partial charge is 0.222 e. The number of unbranched alkanes of at least 4 members (excludes halogenated alkanes) is 10. The Balaban J connectivity index is 2.86. The number of aliphatic hydroxyl groups excluding tert-OH is 5. The maximum Gasteiger partial charge on any atom is 0.222 e. The number of rotatable bonds is 53. The summed E-state index contributed by atoms with van der Waals surface area (Å²) in [6, 6.07) is -0.0432. The van der Waals surface area contributed by atoms with E-state index in [0.717, 1.165) is 64.3 Å². The minimum atomic E-state index is -1.25. The molecule has 0 aromatic heterocycles. The van der Waals surface area contributed by atoms with Crippen molar-refractivity contribution in [2.75, 3.05) is 112 Å². The molecule has 0 aromatic carbocycles. The summed E-state index contributed by atoms with van der Waals surface area (Å²) < 4.78 is 18.2. The zero-order chi connectivity index (χ0) is 56.5. The third-order valence-electron chi connectivity index (χ3n) is 13.0. The number of nitrogens with zero attached hydrogens (tertiary/aromatic N) is 1. The van der Waals surface area contributed by atoms with Gasteiger partial charge in [0.25, 0.3) is 0 Å². The van der Waals surface area contributed by atoms with Crippen molar-refractivity contribution in [1.29, 1.82) is 0 Å². The predicted octanol–water partition coefficient (Wildman–Crippen LogP) is 1.09. The summed E-state index contributed by atoms with van der Waals surface area (Å²) in [5.74, 6) is -0.975. The van der Waals surface area contributed by atoms with Crippen molar-refractivity contribution in [2.45, 2.75) is 191 Å². The van der Waals surface area contributed by atoms with Gasteiger partial charge in [-0.15, -0.1) is 0 Å². The molecule has 448 valence electrons. The van der Waals surface area contributed by atoms with Crippen LogP contribution in [0.25, 0.3) is 0 Å². The highest BCUT2D eigenvalue weighted by atomic mass is 16.5. The van der Waals surface area contributed by atoms with Gasteiger partial charge in [0.15, 0.2) is 0 Å². The normalized spacial score (nSPS) is 13.8. The first-order valence-electron chi connectivity index (χ1n) is 28.9. The van der Waals surface area contributed by atoms with E-state index in [0.29, 0.717) is 129 Å². The molecule has 23 heteroatoms. The van der Waals surface area contributed by atoms with Crippen LogP contribution < -0.4 is 37.2 Å². The molecule has 2 atom stereocenters. The SMILES string of the molecule is O=C(CCCCO)NCCCNC(=O)CCOCC(COCCC(=O)NCCCNC(=O)CCCCO)(COCCC(O)NCCCNC(=O)CCCCO)NC(=O)CCCCCCCCCCC(=O)N1CCC[C@H]1CO. The van der Waals surface area contributed by atoms with Crippen LogP contribution in [-0.2, 0) is 47.8 Å². The van der Waals surface area contributed by atoms with Crippen molar-refractivity contribution in [2.24, 2.45) is 0 Å². The van der Waals surface area contributed by atoms with Crippen LogP contribution >= 0.6 is 0 Å². The van der Waals surface area contributed by atoms with Crippen LogP contribution in [-0.4, -0.2) is 201 Å². The molecule has 23 nitrogen and oxygen atoms in total. The highest BCUT2D eigenvalue weighted by molar-refractivity contribution is 5.78. The van der Waals surface area contributed by atoms with Crippen molar-refractivity contribution in [1.82, 2.24) is 42.1 Å². The van der Waals surface area contributed by atoms with Crippen LogP contribution in [0, 0.1) is 0 Å². The average molecular weight is 1100 g/mol. The second kappa shape index (κ2) is 49.0. The summed E-state index contributed by atoms with van der Waals surface area (Å²) in [5.41, 5.74) is -1.25. The fourth-order valence-corrected chi connectivity index (χ4v) is 8.45. The van der Waals surface area contributed by atoms with E-state index in [2.05, 4.69) is 37.2 Å². The van der Waals surface area contributed by atoms with Crippen LogP contribution in [0.15, 0.2) is 0 Å². The Kier molecular flexibility index (Phi) is 45.2. The standard InChI is InChI=1S/C54H102N8O15/c63-35-12-9-20-46(67)55-28-16-31-58-49(70)25-38-75-42-54(43-76-39-26-50(71)59-32-17-29-56-47(68)21-10-13-36-64,44-77-40-27-51(72)60-33-18-30-57-48(69)22-11-14-37-65)61-52(73)23-7-5-3-1-2-4-6-8-24-53(74)62-34-15-19-45(62)41-66/h45,49,58,63-66,70H,1-44H2,(H,55,67)(H,56,68)(H,57,69)(H,59,71)(H,60,72)(H,61,73)/t45-,49?/m0/s1. The summed E-state index contributed by atoms with van der Waals surface area (Å²) in [4.78, 5) is 89.4. The lowest BCUT2D eigenvalue weighted by atomic mass is 10.0. The van der Waals surface area contributed by atoms with Crippen molar-refractivity contribution in [3.63, 3.8) is 0 Å². The number of hydrogen-bond donors (Lipinski definition) is 12. The van der Waals surface area contributed by atoms with Crippen LogP contribution in [0.3, 0.4) is 0 Å². The average Bonchev–Trinajstić information content (AvgIpc) is 3.90. The summed E-state index contributed by atoms with van der Waals surface area (Å²) in [7, 11) is 0. The highest BCUT2D eigenvalue weighted by Gasteiger charge is 2.34. The number of nitrogens with one attached hydrogen (secondary N) is 7. The predicted molar refractivity (Wildman–Crippen MR) is 291 cm³/mol. The summed E-state index contributed by atoms with van der Waals surface area (Å²) in [5, 5.41) is 67.1. The Morgan fingerprint density at radius 3 is 1.27 bits per heavy atom. The maximum absolute atomic E-state index is 13.7. The molecule has 0 bridgehead atoms. The zero-order valence-corrected chi connectivity index (χ0v) is 46.5. The Hall–Kier alpha value is -4.07.